The summed E-state index contributed by atoms with van der Waals surface area (Å²) in [5.41, 5.74) is 1.24. The molecule has 1 atom stereocenters. The first kappa shape index (κ1) is 14.2. The van der Waals surface area contributed by atoms with Crippen molar-refractivity contribution < 1.29 is 0 Å². The number of rotatable bonds is 7. The van der Waals surface area contributed by atoms with E-state index < -0.39 is 0 Å². The summed E-state index contributed by atoms with van der Waals surface area (Å²) in [5, 5.41) is 7.72. The minimum absolute atomic E-state index is 0.367. The fourth-order valence-corrected chi connectivity index (χ4v) is 1.82. The van der Waals surface area contributed by atoms with Crippen LogP contribution in [0.25, 0.3) is 0 Å². The largest absolute Gasteiger partial charge is 0.309 e. The lowest BCUT2D eigenvalue weighted by Crippen LogP contribution is -2.30. The Kier molecular flexibility index (Phi) is 5.65. The topological polar surface area (TPSA) is 33.1 Å². The van der Waals surface area contributed by atoms with Crippen LogP contribution < -0.4 is 5.32 Å². The Morgan fingerprint density at radius 3 is 2.65 bits per heavy atom. The van der Waals surface area contributed by atoms with Crippen molar-refractivity contribution in [3.05, 3.63) is 18.0 Å². The van der Waals surface area contributed by atoms with Crippen molar-refractivity contribution in [2.75, 3.05) is 20.1 Å². The van der Waals surface area contributed by atoms with Gasteiger partial charge in [-0.05, 0) is 53.4 Å². The van der Waals surface area contributed by atoms with Gasteiger partial charge in [0.25, 0.3) is 0 Å². The maximum Gasteiger partial charge on any atom is 0.0547 e. The molecule has 17 heavy (non-hydrogen) atoms. The van der Waals surface area contributed by atoms with Crippen LogP contribution in [0, 0.1) is 0 Å². The van der Waals surface area contributed by atoms with Gasteiger partial charge in [0.05, 0.1) is 5.69 Å². The summed E-state index contributed by atoms with van der Waals surface area (Å²) in [6.07, 6.45) is 3.02. The van der Waals surface area contributed by atoms with Gasteiger partial charge in [-0.25, -0.2) is 0 Å². The Bertz CT molecular complexity index is 319. The van der Waals surface area contributed by atoms with Crippen molar-refractivity contribution in [2.24, 2.45) is 7.05 Å². The van der Waals surface area contributed by atoms with Gasteiger partial charge < -0.3 is 10.2 Å². The van der Waals surface area contributed by atoms with Crippen molar-refractivity contribution in [2.45, 2.75) is 39.3 Å². The maximum absolute atomic E-state index is 4.19. The predicted molar refractivity (Wildman–Crippen MR) is 72.0 cm³/mol. The van der Waals surface area contributed by atoms with Crippen LogP contribution in [0.5, 0.6) is 0 Å². The molecule has 1 heterocycles. The van der Waals surface area contributed by atoms with Crippen molar-refractivity contribution in [3.8, 4) is 0 Å². The lowest BCUT2D eigenvalue weighted by atomic mass is 10.2. The van der Waals surface area contributed by atoms with Crippen LogP contribution in [0.3, 0.4) is 0 Å². The molecule has 0 fully saturated rings. The van der Waals surface area contributed by atoms with Gasteiger partial charge in [-0.1, -0.05) is 0 Å². The molecule has 4 heteroatoms. The van der Waals surface area contributed by atoms with Gasteiger partial charge in [-0.15, -0.1) is 0 Å². The molecule has 1 N–H and O–H groups in total. The highest BCUT2D eigenvalue weighted by Crippen LogP contribution is 2.09. The average molecular weight is 238 g/mol. The third-order valence-corrected chi connectivity index (χ3v) is 3.32. The Hall–Kier alpha value is -0.870. The highest BCUT2D eigenvalue weighted by Gasteiger charge is 2.08. The molecule has 0 amide bonds. The molecule has 0 bridgehead atoms. The minimum atomic E-state index is 0.367. The van der Waals surface area contributed by atoms with Gasteiger partial charge >= 0.3 is 0 Å². The van der Waals surface area contributed by atoms with E-state index in [0.717, 1.165) is 13.1 Å². The summed E-state index contributed by atoms with van der Waals surface area (Å²) in [6, 6.07) is 3.06. The van der Waals surface area contributed by atoms with E-state index in [1.165, 1.54) is 12.1 Å². The van der Waals surface area contributed by atoms with E-state index in [0.29, 0.717) is 12.1 Å². The Morgan fingerprint density at radius 2 is 2.12 bits per heavy atom. The molecule has 1 aromatic rings. The van der Waals surface area contributed by atoms with Crippen molar-refractivity contribution in [1.82, 2.24) is 20.0 Å². The number of hydrogen-bond donors (Lipinski definition) is 1. The summed E-state index contributed by atoms with van der Waals surface area (Å²) in [5.74, 6) is 0. The zero-order chi connectivity index (χ0) is 12.8. The third-order valence-electron chi connectivity index (χ3n) is 3.32. The van der Waals surface area contributed by atoms with Gasteiger partial charge in [0, 0.05) is 25.3 Å². The lowest BCUT2D eigenvalue weighted by Gasteiger charge is -2.21. The summed E-state index contributed by atoms with van der Waals surface area (Å²) >= 11 is 0. The van der Waals surface area contributed by atoms with Crippen molar-refractivity contribution >= 4 is 0 Å². The zero-order valence-corrected chi connectivity index (χ0v) is 11.8. The summed E-state index contributed by atoms with van der Waals surface area (Å²) < 4.78 is 1.93. The Balaban J connectivity index is 2.21. The molecule has 1 aromatic heterocycles. The molecule has 0 radical (unpaired) electrons. The van der Waals surface area contributed by atoms with Crippen LogP contribution >= 0.6 is 0 Å². The molecule has 0 aliphatic heterocycles. The quantitative estimate of drug-likeness (QED) is 0.735. The van der Waals surface area contributed by atoms with Crippen LogP contribution in [0.2, 0.25) is 0 Å². The van der Waals surface area contributed by atoms with Crippen LogP contribution in [0.1, 0.15) is 38.9 Å². The molecular weight excluding hydrogens is 212 g/mol. The smallest absolute Gasteiger partial charge is 0.0547 e. The monoisotopic (exact) mass is 238 g/mol. The van der Waals surface area contributed by atoms with Crippen molar-refractivity contribution in [1.29, 1.82) is 0 Å². The summed E-state index contributed by atoms with van der Waals surface area (Å²) in [4.78, 5) is 2.37. The standard InChI is InChI=1S/C13H26N4/c1-11(2)16(4)10-6-8-14-12(3)13-7-9-15-17(13)5/h7,9,11-12,14H,6,8,10H2,1-5H3. The molecule has 1 unspecified atom stereocenters. The van der Waals surface area contributed by atoms with Crippen LogP contribution in [0.4, 0.5) is 0 Å². The summed E-state index contributed by atoms with van der Waals surface area (Å²) in [6.45, 7) is 8.83. The maximum atomic E-state index is 4.19. The molecule has 0 aliphatic carbocycles. The molecule has 0 aliphatic rings. The number of nitrogens with one attached hydrogen (secondary N) is 1. The molecule has 0 saturated heterocycles. The van der Waals surface area contributed by atoms with Gasteiger partial charge in [-0.2, -0.15) is 5.10 Å². The molecule has 0 aromatic carbocycles. The molecule has 0 saturated carbocycles. The van der Waals surface area contributed by atoms with E-state index in [9.17, 15) is 0 Å². The van der Waals surface area contributed by atoms with Crippen LogP contribution in [-0.2, 0) is 7.05 Å². The van der Waals surface area contributed by atoms with Gasteiger partial charge in [-0.3, -0.25) is 4.68 Å². The number of aromatic nitrogens is 2. The molecule has 98 valence electrons. The highest BCUT2D eigenvalue weighted by atomic mass is 15.3. The van der Waals surface area contributed by atoms with E-state index in [2.05, 4.69) is 49.2 Å². The van der Waals surface area contributed by atoms with Crippen LogP contribution in [0.15, 0.2) is 12.3 Å². The second-order valence-corrected chi connectivity index (χ2v) is 4.98. The third kappa shape index (κ3) is 4.48. The SMILES string of the molecule is CC(NCCCN(C)C(C)C)c1ccnn1C. The second-order valence-electron chi connectivity index (χ2n) is 4.98. The first-order valence-corrected chi connectivity index (χ1v) is 6.44. The van der Waals surface area contributed by atoms with Gasteiger partial charge in [0.15, 0.2) is 0 Å². The fourth-order valence-electron chi connectivity index (χ4n) is 1.82. The van der Waals surface area contributed by atoms with E-state index in [4.69, 9.17) is 0 Å². The highest BCUT2D eigenvalue weighted by molar-refractivity contribution is 5.04. The lowest BCUT2D eigenvalue weighted by molar-refractivity contribution is 0.268. The van der Waals surface area contributed by atoms with E-state index in [1.807, 2.05) is 17.9 Å². The van der Waals surface area contributed by atoms with E-state index >= 15 is 0 Å². The normalized spacial score (nSPS) is 13.6. The first-order valence-electron chi connectivity index (χ1n) is 6.44. The van der Waals surface area contributed by atoms with Crippen LogP contribution in [-0.4, -0.2) is 40.9 Å². The Labute approximate surface area is 105 Å². The molecule has 0 spiro atoms. The van der Waals surface area contributed by atoms with Crippen molar-refractivity contribution in [3.63, 3.8) is 0 Å². The zero-order valence-electron chi connectivity index (χ0n) is 11.8. The van der Waals surface area contributed by atoms with E-state index in [-0.39, 0.29) is 0 Å². The molecule has 4 nitrogen and oxygen atoms in total. The second kappa shape index (κ2) is 6.77. The number of aryl methyl sites for hydroxylation is 1. The molecular formula is C13H26N4. The van der Waals surface area contributed by atoms with Gasteiger partial charge in [0.1, 0.15) is 0 Å². The van der Waals surface area contributed by atoms with E-state index in [1.54, 1.807) is 0 Å². The first-order chi connectivity index (χ1) is 8.02. The van der Waals surface area contributed by atoms with Gasteiger partial charge in [0.2, 0.25) is 0 Å². The minimum Gasteiger partial charge on any atom is -0.309 e. The molecule has 1 rings (SSSR count). The Morgan fingerprint density at radius 1 is 1.41 bits per heavy atom. The predicted octanol–water partition coefficient (Wildman–Crippen LogP) is 1.80. The summed E-state index contributed by atoms with van der Waals surface area (Å²) in [7, 11) is 4.16. The number of hydrogen-bond acceptors (Lipinski definition) is 3. The average Bonchev–Trinajstić information content (AvgIpc) is 2.70. The fraction of sp³-hybridized carbons (Fsp3) is 0.769. The number of nitrogens with zero attached hydrogens (tertiary/aromatic N) is 3.